The average molecular weight is 323 g/mol. The number of rotatable bonds is 3. The summed E-state index contributed by atoms with van der Waals surface area (Å²) in [6.45, 7) is 0. The summed E-state index contributed by atoms with van der Waals surface area (Å²) in [7, 11) is 3.38. The van der Waals surface area contributed by atoms with Crippen molar-refractivity contribution in [1.29, 1.82) is 0 Å². The molecule has 3 nitrogen and oxygen atoms in total. The van der Waals surface area contributed by atoms with E-state index in [9.17, 15) is 0 Å². The lowest BCUT2D eigenvalue weighted by atomic mass is 9.48. The van der Waals surface area contributed by atoms with Crippen molar-refractivity contribution in [3.8, 4) is 11.5 Å². The maximum absolute atomic E-state index is 5.57. The van der Waals surface area contributed by atoms with Gasteiger partial charge in [0, 0.05) is 22.7 Å². The molecule has 0 N–H and O–H groups in total. The Kier molecular flexibility index (Phi) is 3.10. The Hall–Kier alpha value is -1.77. The molecule has 126 valence electrons. The first-order valence-electron chi connectivity index (χ1n) is 9.22. The van der Waals surface area contributed by atoms with Gasteiger partial charge in [0.15, 0.2) is 11.5 Å². The summed E-state index contributed by atoms with van der Waals surface area (Å²) in [6, 6.07) is 6.47. The van der Waals surface area contributed by atoms with Crippen LogP contribution in [0.5, 0.6) is 11.5 Å². The van der Waals surface area contributed by atoms with Gasteiger partial charge in [0.05, 0.1) is 14.2 Å². The van der Waals surface area contributed by atoms with E-state index in [1.165, 1.54) is 49.6 Å². The van der Waals surface area contributed by atoms with Gasteiger partial charge in [0.1, 0.15) is 0 Å². The zero-order valence-electron chi connectivity index (χ0n) is 14.5. The Morgan fingerprint density at radius 3 is 2.21 bits per heavy atom. The molecule has 4 aliphatic carbocycles. The molecule has 4 saturated carbocycles. The third-order valence-corrected chi connectivity index (χ3v) is 6.82. The van der Waals surface area contributed by atoms with Crippen LogP contribution in [-0.4, -0.2) is 19.2 Å². The van der Waals surface area contributed by atoms with Crippen molar-refractivity contribution < 1.29 is 9.47 Å². The van der Waals surface area contributed by atoms with Crippen LogP contribution in [0, 0.1) is 17.8 Å². The fourth-order valence-electron chi connectivity index (χ4n) is 6.26. The number of aromatic nitrogens is 1. The minimum atomic E-state index is 0.343. The number of benzene rings is 1. The van der Waals surface area contributed by atoms with Gasteiger partial charge in [0.25, 0.3) is 0 Å². The zero-order valence-corrected chi connectivity index (χ0v) is 14.5. The third kappa shape index (κ3) is 2.00. The Balaban J connectivity index is 1.61. The quantitative estimate of drug-likeness (QED) is 0.819. The van der Waals surface area contributed by atoms with E-state index in [2.05, 4.69) is 12.1 Å². The highest BCUT2D eigenvalue weighted by atomic mass is 16.5. The van der Waals surface area contributed by atoms with E-state index in [0.29, 0.717) is 5.41 Å². The second-order valence-corrected chi connectivity index (χ2v) is 8.29. The van der Waals surface area contributed by atoms with Gasteiger partial charge in [-0.2, -0.15) is 0 Å². The number of ether oxygens (including phenoxy) is 2. The average Bonchev–Trinajstić information content (AvgIpc) is 2.59. The molecule has 1 heterocycles. The molecule has 24 heavy (non-hydrogen) atoms. The third-order valence-electron chi connectivity index (χ3n) is 6.82. The molecule has 2 aromatic rings. The second-order valence-electron chi connectivity index (χ2n) is 8.29. The Labute approximate surface area is 143 Å². The van der Waals surface area contributed by atoms with Crippen LogP contribution in [0.25, 0.3) is 10.8 Å². The Morgan fingerprint density at radius 2 is 1.62 bits per heavy atom. The lowest BCUT2D eigenvalue weighted by Gasteiger charge is -2.56. The van der Waals surface area contributed by atoms with Crippen LogP contribution in [0.3, 0.4) is 0 Å². The number of methoxy groups -OCH3 is 2. The predicted octanol–water partition coefficient (Wildman–Crippen LogP) is 4.72. The van der Waals surface area contributed by atoms with Crippen molar-refractivity contribution in [2.75, 3.05) is 14.2 Å². The number of hydrogen-bond donors (Lipinski definition) is 0. The topological polar surface area (TPSA) is 31.4 Å². The molecule has 0 saturated heterocycles. The largest absolute Gasteiger partial charge is 0.493 e. The summed E-state index contributed by atoms with van der Waals surface area (Å²) in [6.07, 6.45) is 10.5. The van der Waals surface area contributed by atoms with E-state index in [1.54, 1.807) is 14.2 Å². The van der Waals surface area contributed by atoms with E-state index in [4.69, 9.17) is 14.5 Å². The Bertz CT molecular complexity index is 762. The molecule has 0 aliphatic heterocycles. The molecular weight excluding hydrogens is 298 g/mol. The van der Waals surface area contributed by atoms with Gasteiger partial charge in [-0.15, -0.1) is 0 Å². The van der Waals surface area contributed by atoms with Gasteiger partial charge >= 0.3 is 0 Å². The number of fused-ring (bicyclic) bond motifs is 1. The fourth-order valence-corrected chi connectivity index (χ4v) is 6.26. The molecule has 1 aromatic carbocycles. The van der Waals surface area contributed by atoms with Gasteiger partial charge in [0.2, 0.25) is 0 Å². The minimum Gasteiger partial charge on any atom is -0.493 e. The molecule has 4 aliphatic rings. The van der Waals surface area contributed by atoms with Crippen LogP contribution in [0.1, 0.15) is 44.2 Å². The number of pyridine rings is 1. The van der Waals surface area contributed by atoms with Crippen molar-refractivity contribution in [3.05, 3.63) is 30.1 Å². The van der Waals surface area contributed by atoms with Crippen molar-refractivity contribution in [1.82, 2.24) is 4.98 Å². The van der Waals surface area contributed by atoms with E-state index < -0.39 is 0 Å². The van der Waals surface area contributed by atoms with Gasteiger partial charge in [-0.05, 0) is 73.8 Å². The highest BCUT2D eigenvalue weighted by Crippen LogP contribution is 2.60. The van der Waals surface area contributed by atoms with Gasteiger partial charge in [-0.1, -0.05) is 6.07 Å². The van der Waals surface area contributed by atoms with Crippen LogP contribution >= 0.6 is 0 Å². The first-order valence-corrected chi connectivity index (χ1v) is 9.22. The molecule has 0 amide bonds. The summed E-state index contributed by atoms with van der Waals surface area (Å²) in [5.74, 6) is 4.39. The van der Waals surface area contributed by atoms with E-state index in [-0.39, 0.29) is 0 Å². The van der Waals surface area contributed by atoms with Crippen molar-refractivity contribution >= 4 is 10.8 Å². The van der Waals surface area contributed by atoms with E-state index in [0.717, 1.165) is 34.6 Å². The molecule has 0 spiro atoms. The van der Waals surface area contributed by atoms with Crippen LogP contribution in [0.15, 0.2) is 24.4 Å². The van der Waals surface area contributed by atoms with Gasteiger partial charge in [-0.25, -0.2) is 0 Å². The molecule has 0 atom stereocenters. The highest BCUT2D eigenvalue weighted by Gasteiger charge is 2.52. The monoisotopic (exact) mass is 323 g/mol. The standard InChI is InChI=1S/C21H25NO2/c1-23-18-4-3-16-8-19(22-12-17(16)20(18)24-2)21-9-13-5-14(10-21)7-15(6-13)11-21/h3-4,8,12-15H,5-7,9-11H2,1-2H3. The molecule has 4 bridgehead atoms. The summed E-state index contributed by atoms with van der Waals surface area (Å²) in [4.78, 5) is 4.95. The van der Waals surface area contributed by atoms with Crippen molar-refractivity contribution in [2.24, 2.45) is 17.8 Å². The lowest BCUT2D eigenvalue weighted by Crippen LogP contribution is -2.48. The summed E-state index contributed by atoms with van der Waals surface area (Å²) < 4.78 is 11.0. The van der Waals surface area contributed by atoms with Gasteiger partial charge < -0.3 is 9.47 Å². The van der Waals surface area contributed by atoms with Crippen LogP contribution < -0.4 is 9.47 Å². The van der Waals surface area contributed by atoms with Crippen LogP contribution in [0.4, 0.5) is 0 Å². The summed E-state index contributed by atoms with van der Waals surface area (Å²) in [5.41, 5.74) is 1.66. The van der Waals surface area contributed by atoms with Crippen LogP contribution in [-0.2, 0) is 5.41 Å². The molecule has 3 heteroatoms. The molecular formula is C21H25NO2. The second kappa shape index (κ2) is 5.11. The molecule has 1 aromatic heterocycles. The van der Waals surface area contributed by atoms with Crippen molar-refractivity contribution in [3.63, 3.8) is 0 Å². The fraction of sp³-hybridized carbons (Fsp3) is 0.571. The maximum atomic E-state index is 5.57. The van der Waals surface area contributed by atoms with Crippen LogP contribution in [0.2, 0.25) is 0 Å². The predicted molar refractivity (Wildman–Crippen MR) is 94.7 cm³/mol. The smallest absolute Gasteiger partial charge is 0.170 e. The Morgan fingerprint density at radius 1 is 0.958 bits per heavy atom. The zero-order chi connectivity index (χ0) is 16.3. The van der Waals surface area contributed by atoms with E-state index in [1.807, 2.05) is 12.3 Å². The molecule has 6 rings (SSSR count). The maximum Gasteiger partial charge on any atom is 0.170 e. The normalized spacial score (nSPS) is 33.8. The molecule has 0 radical (unpaired) electrons. The number of hydrogen-bond acceptors (Lipinski definition) is 3. The van der Waals surface area contributed by atoms with E-state index >= 15 is 0 Å². The minimum absolute atomic E-state index is 0.343. The number of nitrogens with zero attached hydrogens (tertiary/aromatic N) is 1. The summed E-state index contributed by atoms with van der Waals surface area (Å²) >= 11 is 0. The summed E-state index contributed by atoms with van der Waals surface area (Å²) in [5, 5.41) is 2.26. The molecule has 4 fully saturated rings. The SMILES string of the molecule is COc1ccc2cc(C34CC5CC(CC(C5)C3)C4)ncc2c1OC. The van der Waals surface area contributed by atoms with Gasteiger partial charge in [-0.3, -0.25) is 4.98 Å². The first-order chi connectivity index (χ1) is 11.7. The highest BCUT2D eigenvalue weighted by molar-refractivity contribution is 5.90. The van der Waals surface area contributed by atoms with Crippen molar-refractivity contribution in [2.45, 2.75) is 43.9 Å². The molecule has 0 unspecified atom stereocenters. The first kappa shape index (κ1) is 14.6. The lowest BCUT2D eigenvalue weighted by molar-refractivity contribution is -0.00712.